The molecule has 0 saturated carbocycles. The third-order valence-corrected chi connectivity index (χ3v) is 4.48. The van der Waals surface area contributed by atoms with Crippen LogP contribution in [-0.4, -0.2) is 32.4 Å². The molecule has 5 nitrogen and oxygen atoms in total. The van der Waals surface area contributed by atoms with Crippen molar-refractivity contribution in [3.8, 4) is 5.75 Å². The molecule has 0 fully saturated rings. The summed E-state index contributed by atoms with van der Waals surface area (Å²) in [5.41, 5.74) is 2.70. The lowest BCUT2D eigenvalue weighted by Gasteiger charge is -2.28. The summed E-state index contributed by atoms with van der Waals surface area (Å²) in [5.74, 6) is 1.52. The van der Waals surface area contributed by atoms with Gasteiger partial charge in [0.15, 0.2) is 5.96 Å². The van der Waals surface area contributed by atoms with Crippen LogP contribution in [0.25, 0.3) is 0 Å². The Bertz CT molecular complexity index is 840. The lowest BCUT2D eigenvalue weighted by atomic mass is 10.0. The molecule has 3 rings (SSSR count). The zero-order valence-corrected chi connectivity index (χ0v) is 16.1. The zero-order valence-electron chi connectivity index (χ0n) is 16.1. The number of hydrogen-bond donors (Lipinski definition) is 2. The van der Waals surface area contributed by atoms with Gasteiger partial charge in [-0.25, -0.2) is 0 Å². The molecule has 29 heavy (non-hydrogen) atoms. The van der Waals surface area contributed by atoms with E-state index in [0.29, 0.717) is 24.7 Å². The van der Waals surface area contributed by atoms with E-state index in [1.165, 1.54) is 0 Å². The lowest BCUT2D eigenvalue weighted by molar-refractivity contribution is -0.176. The van der Waals surface area contributed by atoms with Gasteiger partial charge < -0.3 is 20.1 Å². The molecule has 0 saturated heterocycles. The quantitative estimate of drug-likeness (QED) is 0.562. The highest BCUT2D eigenvalue weighted by atomic mass is 19.4. The number of hydrogen-bond acceptors (Lipinski definition) is 3. The molecule has 1 aliphatic rings. The van der Waals surface area contributed by atoms with Crippen LogP contribution in [0.1, 0.15) is 29.2 Å². The van der Waals surface area contributed by atoms with Crippen molar-refractivity contribution in [2.75, 3.05) is 20.3 Å². The molecule has 0 spiro atoms. The SMILES string of the molecule is CN=C(NCc1cccc(COCC(F)(F)F)c1)NC1CCOc2ccccc21. The summed E-state index contributed by atoms with van der Waals surface area (Å²) in [5, 5.41) is 6.66. The molecule has 0 radical (unpaired) electrons. The van der Waals surface area contributed by atoms with Crippen molar-refractivity contribution in [2.24, 2.45) is 4.99 Å². The van der Waals surface area contributed by atoms with Gasteiger partial charge >= 0.3 is 6.18 Å². The number of halogens is 3. The monoisotopic (exact) mass is 407 g/mol. The molecule has 1 aliphatic heterocycles. The number of aliphatic imine (C=N–C) groups is 1. The van der Waals surface area contributed by atoms with Crippen molar-refractivity contribution >= 4 is 5.96 Å². The summed E-state index contributed by atoms with van der Waals surface area (Å²) in [6.07, 6.45) is -3.50. The van der Waals surface area contributed by atoms with Crippen molar-refractivity contribution < 1.29 is 22.6 Å². The van der Waals surface area contributed by atoms with Gasteiger partial charge in [-0.05, 0) is 17.2 Å². The molecule has 1 atom stereocenters. The first-order valence-corrected chi connectivity index (χ1v) is 9.36. The van der Waals surface area contributed by atoms with Gasteiger partial charge in [0.25, 0.3) is 0 Å². The van der Waals surface area contributed by atoms with Crippen molar-refractivity contribution in [2.45, 2.75) is 31.8 Å². The molecular weight excluding hydrogens is 383 g/mol. The van der Waals surface area contributed by atoms with E-state index < -0.39 is 12.8 Å². The van der Waals surface area contributed by atoms with E-state index in [9.17, 15) is 13.2 Å². The van der Waals surface area contributed by atoms with Crippen LogP contribution in [0.4, 0.5) is 13.2 Å². The van der Waals surface area contributed by atoms with Crippen LogP contribution >= 0.6 is 0 Å². The van der Waals surface area contributed by atoms with Crippen molar-refractivity contribution in [1.82, 2.24) is 10.6 Å². The number of nitrogens with zero attached hydrogens (tertiary/aromatic N) is 1. The molecule has 0 aromatic heterocycles. The smallest absolute Gasteiger partial charge is 0.411 e. The molecule has 0 amide bonds. The Kier molecular flexibility index (Phi) is 6.98. The Balaban J connectivity index is 1.54. The summed E-state index contributed by atoms with van der Waals surface area (Å²) >= 11 is 0. The molecule has 0 bridgehead atoms. The first-order chi connectivity index (χ1) is 13.9. The topological polar surface area (TPSA) is 54.9 Å². The normalized spacial score (nSPS) is 16.7. The van der Waals surface area contributed by atoms with Crippen LogP contribution in [0.15, 0.2) is 53.5 Å². The lowest BCUT2D eigenvalue weighted by Crippen LogP contribution is -2.40. The molecule has 2 N–H and O–H groups in total. The summed E-state index contributed by atoms with van der Waals surface area (Å²) in [4.78, 5) is 4.27. The van der Waals surface area contributed by atoms with E-state index in [2.05, 4.69) is 15.6 Å². The number of para-hydroxylation sites is 1. The van der Waals surface area contributed by atoms with E-state index in [0.717, 1.165) is 23.3 Å². The fraction of sp³-hybridized carbons (Fsp3) is 0.381. The van der Waals surface area contributed by atoms with Crippen molar-refractivity contribution in [3.63, 3.8) is 0 Å². The molecule has 8 heteroatoms. The van der Waals surface area contributed by atoms with E-state index in [-0.39, 0.29) is 12.6 Å². The highest BCUT2D eigenvalue weighted by Gasteiger charge is 2.27. The van der Waals surface area contributed by atoms with Gasteiger partial charge in [-0.15, -0.1) is 0 Å². The fourth-order valence-electron chi connectivity index (χ4n) is 3.15. The van der Waals surface area contributed by atoms with E-state index in [4.69, 9.17) is 9.47 Å². The van der Waals surface area contributed by atoms with E-state index >= 15 is 0 Å². The average Bonchev–Trinajstić information content (AvgIpc) is 2.70. The third-order valence-electron chi connectivity index (χ3n) is 4.48. The highest BCUT2D eigenvalue weighted by Crippen LogP contribution is 2.31. The van der Waals surface area contributed by atoms with Crippen molar-refractivity contribution in [3.05, 3.63) is 65.2 Å². The van der Waals surface area contributed by atoms with Gasteiger partial charge in [-0.1, -0.05) is 42.5 Å². The van der Waals surface area contributed by atoms with Gasteiger partial charge in [-0.2, -0.15) is 13.2 Å². The van der Waals surface area contributed by atoms with Crippen LogP contribution in [0.2, 0.25) is 0 Å². The third kappa shape index (κ3) is 6.39. The molecule has 156 valence electrons. The minimum atomic E-state index is -4.32. The van der Waals surface area contributed by atoms with Crippen LogP contribution in [0.3, 0.4) is 0 Å². The summed E-state index contributed by atoms with van der Waals surface area (Å²) < 4.78 is 47.0. The largest absolute Gasteiger partial charge is 0.493 e. The second kappa shape index (κ2) is 9.65. The fourth-order valence-corrected chi connectivity index (χ4v) is 3.15. The molecule has 1 heterocycles. The summed E-state index contributed by atoms with van der Waals surface area (Å²) in [6, 6.07) is 15.3. The Morgan fingerprint density at radius 3 is 2.76 bits per heavy atom. The van der Waals surface area contributed by atoms with Gasteiger partial charge in [0.2, 0.25) is 0 Å². The number of fused-ring (bicyclic) bond motifs is 1. The Morgan fingerprint density at radius 2 is 1.97 bits per heavy atom. The molecule has 2 aromatic carbocycles. The predicted molar refractivity (Wildman–Crippen MR) is 105 cm³/mol. The number of ether oxygens (including phenoxy) is 2. The van der Waals surface area contributed by atoms with Crippen LogP contribution in [0.5, 0.6) is 5.75 Å². The number of alkyl halides is 3. The van der Waals surface area contributed by atoms with Crippen LogP contribution < -0.4 is 15.4 Å². The second-order valence-electron chi connectivity index (χ2n) is 6.73. The van der Waals surface area contributed by atoms with Crippen LogP contribution in [0, 0.1) is 0 Å². The van der Waals surface area contributed by atoms with Gasteiger partial charge in [0.05, 0.1) is 19.3 Å². The molecule has 2 aromatic rings. The Labute approximate surface area is 167 Å². The zero-order chi connectivity index (χ0) is 20.7. The minimum Gasteiger partial charge on any atom is -0.493 e. The van der Waals surface area contributed by atoms with Crippen LogP contribution in [-0.2, 0) is 17.9 Å². The van der Waals surface area contributed by atoms with Gasteiger partial charge in [-0.3, -0.25) is 4.99 Å². The molecule has 0 aliphatic carbocycles. The number of nitrogens with one attached hydrogen (secondary N) is 2. The maximum absolute atomic E-state index is 12.2. The van der Waals surface area contributed by atoms with Gasteiger partial charge in [0.1, 0.15) is 12.4 Å². The van der Waals surface area contributed by atoms with Gasteiger partial charge in [0, 0.05) is 25.6 Å². The standard InChI is InChI=1S/C21H24F3N3O2/c1-25-20(27-18-9-10-29-19-8-3-2-7-17(18)19)26-12-15-5-4-6-16(11-15)13-28-14-21(22,23)24/h2-8,11,18H,9-10,12-14H2,1H3,(H2,25,26,27). The predicted octanol–water partition coefficient (Wildman–Crippen LogP) is 3.95. The molecular formula is C21H24F3N3O2. The number of rotatable bonds is 6. The van der Waals surface area contributed by atoms with E-state index in [1.807, 2.05) is 36.4 Å². The maximum Gasteiger partial charge on any atom is 0.411 e. The average molecular weight is 407 g/mol. The maximum atomic E-state index is 12.2. The first-order valence-electron chi connectivity index (χ1n) is 9.36. The first kappa shape index (κ1) is 21.0. The highest BCUT2D eigenvalue weighted by molar-refractivity contribution is 5.80. The summed E-state index contributed by atoms with van der Waals surface area (Å²) in [6.45, 7) is -0.221. The number of guanidine groups is 1. The summed E-state index contributed by atoms with van der Waals surface area (Å²) in [7, 11) is 1.70. The second-order valence-corrected chi connectivity index (χ2v) is 6.73. The molecule has 1 unspecified atom stereocenters. The number of benzene rings is 2. The minimum absolute atomic E-state index is 0.0841. The van der Waals surface area contributed by atoms with Crippen molar-refractivity contribution in [1.29, 1.82) is 0 Å². The Hall–Kier alpha value is -2.74. The van der Waals surface area contributed by atoms with E-state index in [1.54, 1.807) is 19.2 Å². The Morgan fingerprint density at radius 1 is 1.17 bits per heavy atom.